The number of phenolic OH excluding ortho intramolecular Hbond substituents is 1. The van der Waals surface area contributed by atoms with Crippen LogP contribution in [0.25, 0.3) is 0 Å². The highest BCUT2D eigenvalue weighted by Gasteiger charge is 2.37. The molecule has 0 unspecified atom stereocenters. The van der Waals surface area contributed by atoms with Crippen LogP contribution in [0, 0.1) is 11.8 Å². The van der Waals surface area contributed by atoms with Gasteiger partial charge in [0.05, 0.1) is 25.5 Å². The highest BCUT2D eigenvalue weighted by molar-refractivity contribution is 5.99. The van der Waals surface area contributed by atoms with Crippen LogP contribution in [0.4, 0.5) is 0 Å². The lowest BCUT2D eigenvalue weighted by molar-refractivity contribution is -0.143. The van der Waals surface area contributed by atoms with Gasteiger partial charge in [-0.3, -0.25) is 52.7 Å². The Bertz CT molecular complexity index is 2700. The number of aliphatic carboxylic acids is 2. The number of nitrogens with one attached hydrogen (secondary N) is 8. The van der Waals surface area contributed by atoms with Crippen LogP contribution in [-0.2, 0) is 76.8 Å². The Balaban J connectivity index is 1.95. The molecule has 18 N–H and O–H groups in total. The highest BCUT2D eigenvalue weighted by atomic mass is 16.4. The molecule has 10 amide bonds. The molecule has 0 fully saturated rings. The van der Waals surface area contributed by atoms with Gasteiger partial charge in [0.15, 0.2) is 0 Å². The van der Waals surface area contributed by atoms with E-state index in [-0.39, 0.29) is 43.8 Å². The van der Waals surface area contributed by atoms with Crippen molar-refractivity contribution in [3.05, 3.63) is 102 Å². The zero-order valence-corrected chi connectivity index (χ0v) is 45.9. The Kier molecular flexibility index (Phi) is 27.6. The van der Waals surface area contributed by atoms with Gasteiger partial charge in [-0.15, -0.1) is 0 Å². The largest absolute Gasteiger partial charge is 0.508 e. The third kappa shape index (κ3) is 23.4. The van der Waals surface area contributed by atoms with Crippen molar-refractivity contribution in [1.82, 2.24) is 42.5 Å². The molecule has 0 spiro atoms. The van der Waals surface area contributed by atoms with E-state index in [1.807, 2.05) is 0 Å². The van der Waals surface area contributed by atoms with Crippen LogP contribution in [0.3, 0.4) is 0 Å². The van der Waals surface area contributed by atoms with Crippen LogP contribution in [-0.4, -0.2) is 152 Å². The second-order valence-electron chi connectivity index (χ2n) is 20.1. The van der Waals surface area contributed by atoms with E-state index >= 15 is 0 Å². The van der Waals surface area contributed by atoms with Crippen LogP contribution in [0.2, 0.25) is 0 Å². The van der Waals surface area contributed by atoms with Crippen LogP contribution in [0.5, 0.6) is 5.75 Å². The van der Waals surface area contributed by atoms with Gasteiger partial charge >= 0.3 is 11.9 Å². The van der Waals surface area contributed by atoms with Crippen LogP contribution in [0.15, 0.2) is 84.9 Å². The molecule has 0 saturated carbocycles. The van der Waals surface area contributed by atoms with Crippen molar-refractivity contribution in [2.24, 2.45) is 29.0 Å². The molecule has 27 heteroatoms. The highest BCUT2D eigenvalue weighted by Crippen LogP contribution is 2.15. The monoisotopic (exact) mass is 1150 g/mol. The fourth-order valence-electron chi connectivity index (χ4n) is 8.19. The number of hydrogen-bond donors (Lipinski definition) is 15. The molecule has 0 saturated heterocycles. The summed E-state index contributed by atoms with van der Waals surface area (Å²) in [6.07, 6.45) is -2.99. The maximum atomic E-state index is 14.4. The molecule has 0 aliphatic rings. The summed E-state index contributed by atoms with van der Waals surface area (Å²) in [5, 5.41) is 59.1. The van der Waals surface area contributed by atoms with Crippen LogP contribution in [0.1, 0.15) is 82.9 Å². The maximum Gasteiger partial charge on any atom is 0.326 e. The lowest BCUT2D eigenvalue weighted by atomic mass is 9.96. The standard InChI is InChI=1S/C55H75N11O16/c1-5-30(4)46(66-52(78)40(27-44(58)70)62-48(74)36(20-21-43(57)69)59-47(73)35(56)26-45(71)72)54(80)63-39(24-32-14-10-7-11-15-32)51(77)65-42(28-67)53(79)61-37(23-31-12-8-6-9-13-31)49(75)60-38(25-33-16-18-34(68)19-17-33)50(76)64-41(55(81)82)22-29(2)3/h6-19,29-30,35-42,46,67-68H,5,20-28,56H2,1-4H3,(H2,57,69)(H2,58,70)(H,59,73)(H,60,75)(H,61,79)(H,62,74)(H,63,80)(H,64,76)(H,65,77)(H,66,78)(H,71,72)(H,81,82)/t30-,35-,36-,37-,38-,39-,40-,41-,42-,46-/m0/s1. The molecule has 3 aromatic carbocycles. The minimum absolute atomic E-state index is 0.0535. The lowest BCUT2D eigenvalue weighted by Crippen LogP contribution is -2.62. The Morgan fingerprint density at radius 2 is 0.878 bits per heavy atom. The van der Waals surface area contributed by atoms with Gasteiger partial charge in [0.1, 0.15) is 54.1 Å². The van der Waals surface area contributed by atoms with Crippen LogP contribution >= 0.6 is 0 Å². The van der Waals surface area contributed by atoms with E-state index < -0.39 is 164 Å². The first-order valence-electron chi connectivity index (χ1n) is 26.4. The molecule has 0 aliphatic heterocycles. The number of aliphatic hydroxyl groups excluding tert-OH is 1. The molecular formula is C55H75N11O16. The zero-order valence-electron chi connectivity index (χ0n) is 45.9. The number of rotatable bonds is 35. The van der Waals surface area contributed by atoms with Gasteiger partial charge in [0.25, 0.3) is 0 Å². The van der Waals surface area contributed by atoms with Crippen molar-refractivity contribution < 1.29 is 78.0 Å². The van der Waals surface area contributed by atoms with Crippen molar-refractivity contribution in [3.63, 3.8) is 0 Å². The normalized spacial score (nSPS) is 14.7. The van der Waals surface area contributed by atoms with E-state index in [9.17, 15) is 72.9 Å². The molecule has 0 heterocycles. The van der Waals surface area contributed by atoms with Gasteiger partial charge in [0, 0.05) is 25.7 Å². The van der Waals surface area contributed by atoms with Gasteiger partial charge in [-0.25, -0.2) is 4.79 Å². The molecule has 0 bridgehead atoms. The van der Waals surface area contributed by atoms with E-state index in [1.165, 1.54) is 24.3 Å². The number of aromatic hydroxyl groups is 1. The summed E-state index contributed by atoms with van der Waals surface area (Å²) >= 11 is 0. The van der Waals surface area contributed by atoms with Crippen molar-refractivity contribution in [2.75, 3.05) is 6.61 Å². The zero-order chi connectivity index (χ0) is 61.2. The predicted octanol–water partition coefficient (Wildman–Crippen LogP) is -2.59. The third-order valence-electron chi connectivity index (χ3n) is 12.9. The first kappa shape index (κ1) is 67.3. The molecule has 3 rings (SSSR count). The van der Waals surface area contributed by atoms with Crippen molar-refractivity contribution >= 4 is 71.0 Å². The number of carboxylic acids is 2. The number of benzene rings is 3. The number of phenols is 1. The SMILES string of the molecule is CC[C@H](C)[C@H](NC(=O)[C@H](CC(N)=O)NC(=O)[C@H](CCC(N)=O)NC(=O)[C@@H](N)CC(=O)O)C(=O)N[C@@H](Cc1ccccc1)C(=O)N[C@@H](CO)C(=O)N[C@@H](Cc1ccccc1)C(=O)N[C@@H](Cc1ccc(O)cc1)C(=O)N[C@@H](CC(C)C)C(=O)O. The molecule has 0 radical (unpaired) electrons. The smallest absolute Gasteiger partial charge is 0.326 e. The molecule has 3 aromatic rings. The number of primary amides is 2. The fourth-order valence-corrected chi connectivity index (χ4v) is 8.19. The minimum atomic E-state index is -1.83. The molecule has 446 valence electrons. The molecule has 0 aliphatic carbocycles. The number of hydrogen-bond acceptors (Lipinski definition) is 15. The van der Waals surface area contributed by atoms with E-state index in [2.05, 4.69) is 42.5 Å². The van der Waals surface area contributed by atoms with Gasteiger partial charge < -0.3 is 80.2 Å². The Labute approximate surface area is 473 Å². The van der Waals surface area contributed by atoms with Gasteiger partial charge in [-0.1, -0.05) is 107 Å². The maximum absolute atomic E-state index is 14.4. The first-order valence-corrected chi connectivity index (χ1v) is 26.4. The Hall–Kier alpha value is -8.98. The fraction of sp³-hybridized carbons (Fsp3) is 0.455. The average molecular weight is 1150 g/mol. The molecule has 27 nitrogen and oxygen atoms in total. The Morgan fingerprint density at radius 1 is 0.476 bits per heavy atom. The average Bonchev–Trinajstić information content (AvgIpc) is 3.42. The van der Waals surface area contributed by atoms with Crippen molar-refractivity contribution in [2.45, 2.75) is 140 Å². The molecule has 82 heavy (non-hydrogen) atoms. The summed E-state index contributed by atoms with van der Waals surface area (Å²) < 4.78 is 0. The summed E-state index contributed by atoms with van der Waals surface area (Å²) in [6.45, 7) is 5.69. The Morgan fingerprint density at radius 3 is 1.30 bits per heavy atom. The molecule has 10 atom stereocenters. The predicted molar refractivity (Wildman–Crippen MR) is 294 cm³/mol. The topological polar surface area (TPSA) is 460 Å². The number of nitrogens with two attached hydrogens (primary N) is 3. The van der Waals surface area contributed by atoms with E-state index in [1.54, 1.807) is 88.4 Å². The summed E-state index contributed by atoms with van der Waals surface area (Å²) in [5.74, 6) is -14.0. The molecular weight excluding hydrogens is 1070 g/mol. The number of amides is 10. The number of carbonyl (C=O) groups excluding carboxylic acids is 10. The first-order chi connectivity index (χ1) is 38.7. The summed E-state index contributed by atoms with van der Waals surface area (Å²) in [5.41, 5.74) is 17.8. The minimum Gasteiger partial charge on any atom is -0.508 e. The quantitative estimate of drug-likeness (QED) is 0.0287. The second kappa shape index (κ2) is 33.6. The van der Waals surface area contributed by atoms with E-state index in [0.29, 0.717) is 16.7 Å². The summed E-state index contributed by atoms with van der Waals surface area (Å²) in [7, 11) is 0. The summed E-state index contributed by atoms with van der Waals surface area (Å²) in [6, 6.07) is 8.00. The van der Waals surface area contributed by atoms with E-state index in [0.717, 1.165) is 0 Å². The van der Waals surface area contributed by atoms with Gasteiger partial charge in [0.2, 0.25) is 59.1 Å². The third-order valence-corrected chi connectivity index (χ3v) is 12.9. The van der Waals surface area contributed by atoms with E-state index in [4.69, 9.17) is 22.3 Å². The number of aliphatic hydroxyl groups is 1. The number of carbonyl (C=O) groups is 12. The molecule has 0 aromatic heterocycles. The lowest BCUT2D eigenvalue weighted by Gasteiger charge is -2.29. The van der Waals surface area contributed by atoms with Crippen molar-refractivity contribution in [1.29, 1.82) is 0 Å². The van der Waals surface area contributed by atoms with Crippen molar-refractivity contribution in [3.8, 4) is 5.75 Å². The van der Waals surface area contributed by atoms with Gasteiger partial charge in [-0.2, -0.15) is 0 Å². The van der Waals surface area contributed by atoms with Crippen LogP contribution < -0.4 is 59.7 Å². The summed E-state index contributed by atoms with van der Waals surface area (Å²) in [4.78, 5) is 159. The number of carboxylic acid groups (broad SMARTS) is 2. The second-order valence-corrected chi connectivity index (χ2v) is 20.1. The van der Waals surface area contributed by atoms with Gasteiger partial charge in [-0.05, 0) is 53.5 Å².